The summed E-state index contributed by atoms with van der Waals surface area (Å²) in [5, 5.41) is 5.33. The third-order valence-corrected chi connectivity index (χ3v) is 5.71. The standard InChI is InChI=1S/C11H20N4O2S2/c1-9-8-18-11(13-9)14-19(16,17)15-6-4-3-5-10(15)7-12-2/h8,10,12H,3-7H2,1-2H3,(H,13,14). The largest absolute Gasteiger partial charge is 0.318 e. The van der Waals surface area contributed by atoms with Gasteiger partial charge in [-0.2, -0.15) is 12.7 Å². The third-order valence-electron chi connectivity index (χ3n) is 3.16. The van der Waals surface area contributed by atoms with Gasteiger partial charge in [-0.05, 0) is 26.8 Å². The molecule has 0 aromatic carbocycles. The highest BCUT2D eigenvalue weighted by Gasteiger charge is 2.32. The molecule has 1 aliphatic rings. The van der Waals surface area contributed by atoms with E-state index in [1.165, 1.54) is 11.3 Å². The van der Waals surface area contributed by atoms with Crippen LogP contribution >= 0.6 is 11.3 Å². The molecule has 1 atom stereocenters. The molecule has 8 heteroatoms. The minimum Gasteiger partial charge on any atom is -0.318 e. The van der Waals surface area contributed by atoms with Crippen molar-refractivity contribution in [3.8, 4) is 0 Å². The maximum Gasteiger partial charge on any atom is 0.303 e. The van der Waals surface area contributed by atoms with Gasteiger partial charge in [0.1, 0.15) is 0 Å². The highest BCUT2D eigenvalue weighted by Crippen LogP contribution is 2.23. The summed E-state index contributed by atoms with van der Waals surface area (Å²) < 4.78 is 28.9. The van der Waals surface area contributed by atoms with Crippen molar-refractivity contribution in [1.29, 1.82) is 0 Å². The number of thiazole rings is 1. The van der Waals surface area contributed by atoms with Crippen LogP contribution < -0.4 is 10.0 Å². The maximum absolute atomic E-state index is 12.4. The van der Waals surface area contributed by atoms with Gasteiger partial charge in [0, 0.05) is 24.5 Å². The van der Waals surface area contributed by atoms with Gasteiger partial charge in [-0.25, -0.2) is 9.71 Å². The summed E-state index contributed by atoms with van der Waals surface area (Å²) in [6.45, 7) is 3.10. The number of nitrogens with zero attached hydrogens (tertiary/aromatic N) is 2. The fraction of sp³-hybridized carbons (Fsp3) is 0.727. The fourth-order valence-electron chi connectivity index (χ4n) is 2.30. The molecule has 0 spiro atoms. The van der Waals surface area contributed by atoms with Crippen molar-refractivity contribution in [2.45, 2.75) is 32.2 Å². The first kappa shape index (κ1) is 14.7. The van der Waals surface area contributed by atoms with E-state index in [1.54, 1.807) is 4.31 Å². The van der Waals surface area contributed by atoms with Crippen molar-refractivity contribution < 1.29 is 8.42 Å². The molecule has 0 saturated carbocycles. The summed E-state index contributed by atoms with van der Waals surface area (Å²) in [5.41, 5.74) is 0.827. The summed E-state index contributed by atoms with van der Waals surface area (Å²) in [4.78, 5) is 4.15. The lowest BCUT2D eigenvalue weighted by atomic mass is 10.1. The van der Waals surface area contributed by atoms with Crippen LogP contribution in [0.5, 0.6) is 0 Å². The summed E-state index contributed by atoms with van der Waals surface area (Å²) >= 11 is 1.31. The Morgan fingerprint density at radius 2 is 2.32 bits per heavy atom. The van der Waals surface area contributed by atoms with Crippen LogP contribution in [0, 0.1) is 6.92 Å². The molecular weight excluding hydrogens is 284 g/mol. The Balaban J connectivity index is 2.12. The summed E-state index contributed by atoms with van der Waals surface area (Å²) in [6.07, 6.45) is 2.89. The number of piperidine rings is 1. The van der Waals surface area contributed by atoms with Crippen molar-refractivity contribution in [3.05, 3.63) is 11.1 Å². The lowest BCUT2D eigenvalue weighted by molar-refractivity contribution is 0.250. The Morgan fingerprint density at radius 3 is 2.95 bits per heavy atom. The molecule has 2 heterocycles. The zero-order valence-corrected chi connectivity index (χ0v) is 12.9. The van der Waals surface area contributed by atoms with Crippen LogP contribution in [-0.2, 0) is 10.2 Å². The SMILES string of the molecule is CNCC1CCCCN1S(=O)(=O)Nc1nc(C)cs1. The minimum atomic E-state index is -3.50. The van der Waals surface area contributed by atoms with Gasteiger partial charge in [-0.15, -0.1) is 11.3 Å². The smallest absolute Gasteiger partial charge is 0.303 e. The molecule has 108 valence electrons. The average molecular weight is 304 g/mol. The second kappa shape index (κ2) is 6.17. The second-order valence-corrected chi connectivity index (χ2v) is 7.20. The molecule has 0 radical (unpaired) electrons. The minimum absolute atomic E-state index is 0.0253. The molecule has 1 unspecified atom stereocenters. The van der Waals surface area contributed by atoms with Gasteiger partial charge in [0.15, 0.2) is 5.13 Å². The van der Waals surface area contributed by atoms with E-state index in [-0.39, 0.29) is 6.04 Å². The molecule has 19 heavy (non-hydrogen) atoms. The quantitative estimate of drug-likeness (QED) is 0.857. The van der Waals surface area contributed by atoms with Crippen LogP contribution in [0.1, 0.15) is 25.0 Å². The molecule has 1 aliphatic heterocycles. The number of hydrogen-bond donors (Lipinski definition) is 2. The first-order valence-corrected chi connectivity index (χ1v) is 8.71. The van der Waals surface area contributed by atoms with Gasteiger partial charge < -0.3 is 5.32 Å². The van der Waals surface area contributed by atoms with Crippen molar-refractivity contribution >= 4 is 26.7 Å². The average Bonchev–Trinajstić information content (AvgIpc) is 2.75. The molecule has 0 amide bonds. The van der Waals surface area contributed by atoms with E-state index < -0.39 is 10.2 Å². The van der Waals surface area contributed by atoms with Gasteiger partial charge >= 0.3 is 10.2 Å². The van der Waals surface area contributed by atoms with Gasteiger partial charge in [0.05, 0.1) is 5.69 Å². The zero-order chi connectivity index (χ0) is 13.9. The highest BCUT2D eigenvalue weighted by molar-refractivity contribution is 7.90. The zero-order valence-electron chi connectivity index (χ0n) is 11.2. The lowest BCUT2D eigenvalue weighted by Crippen LogP contribution is -2.49. The van der Waals surface area contributed by atoms with Gasteiger partial charge in [-0.3, -0.25) is 0 Å². The Bertz CT molecular complexity index is 513. The van der Waals surface area contributed by atoms with Crippen molar-refractivity contribution in [2.75, 3.05) is 24.9 Å². The topological polar surface area (TPSA) is 74.3 Å². The van der Waals surface area contributed by atoms with Crippen molar-refractivity contribution in [2.24, 2.45) is 0 Å². The Kier molecular flexibility index (Phi) is 4.77. The summed E-state index contributed by atoms with van der Waals surface area (Å²) in [6, 6.07) is 0.0253. The molecular formula is C11H20N4O2S2. The van der Waals surface area contributed by atoms with Crippen LogP contribution in [0.25, 0.3) is 0 Å². The maximum atomic E-state index is 12.4. The van der Waals surface area contributed by atoms with Crippen LogP contribution in [0.15, 0.2) is 5.38 Å². The number of rotatable bonds is 5. The van der Waals surface area contributed by atoms with Crippen LogP contribution in [-0.4, -0.2) is 43.9 Å². The molecule has 6 nitrogen and oxygen atoms in total. The van der Waals surface area contributed by atoms with Gasteiger partial charge in [-0.1, -0.05) is 6.42 Å². The number of nitrogens with one attached hydrogen (secondary N) is 2. The fourth-order valence-corrected chi connectivity index (χ4v) is 4.67. The molecule has 2 rings (SSSR count). The van der Waals surface area contributed by atoms with E-state index in [4.69, 9.17) is 0 Å². The normalized spacial score (nSPS) is 21.5. The van der Waals surface area contributed by atoms with E-state index in [0.717, 1.165) is 25.0 Å². The van der Waals surface area contributed by atoms with E-state index in [1.807, 2.05) is 19.4 Å². The predicted molar refractivity (Wildman–Crippen MR) is 77.7 cm³/mol. The van der Waals surface area contributed by atoms with Crippen LogP contribution in [0.2, 0.25) is 0 Å². The molecule has 0 bridgehead atoms. The van der Waals surface area contributed by atoms with E-state index >= 15 is 0 Å². The Morgan fingerprint density at radius 1 is 1.53 bits per heavy atom. The molecule has 0 aliphatic carbocycles. The number of aromatic nitrogens is 1. The Labute approximate surface area is 118 Å². The van der Waals surface area contributed by atoms with E-state index in [9.17, 15) is 8.42 Å². The number of likely N-dealkylation sites (N-methyl/N-ethyl adjacent to an activating group) is 1. The first-order valence-electron chi connectivity index (χ1n) is 6.39. The highest BCUT2D eigenvalue weighted by atomic mass is 32.2. The molecule has 1 fully saturated rings. The first-order chi connectivity index (χ1) is 9.03. The van der Waals surface area contributed by atoms with Crippen molar-refractivity contribution in [1.82, 2.24) is 14.6 Å². The summed E-state index contributed by atoms with van der Waals surface area (Å²) in [5.74, 6) is 0. The van der Waals surface area contributed by atoms with Gasteiger partial charge in [0.2, 0.25) is 0 Å². The number of aryl methyl sites for hydroxylation is 1. The van der Waals surface area contributed by atoms with Gasteiger partial charge in [0.25, 0.3) is 0 Å². The monoisotopic (exact) mass is 304 g/mol. The van der Waals surface area contributed by atoms with Crippen LogP contribution in [0.4, 0.5) is 5.13 Å². The number of hydrogen-bond acceptors (Lipinski definition) is 5. The second-order valence-electron chi connectivity index (χ2n) is 4.72. The van der Waals surface area contributed by atoms with E-state index in [0.29, 0.717) is 18.2 Å². The molecule has 2 N–H and O–H groups in total. The predicted octanol–water partition coefficient (Wildman–Crippen LogP) is 1.18. The molecule has 1 aromatic rings. The van der Waals surface area contributed by atoms with Crippen LogP contribution in [0.3, 0.4) is 0 Å². The van der Waals surface area contributed by atoms with E-state index in [2.05, 4.69) is 15.0 Å². The number of anilines is 1. The summed E-state index contributed by atoms with van der Waals surface area (Å²) in [7, 11) is -1.66. The third kappa shape index (κ3) is 3.65. The van der Waals surface area contributed by atoms with Crippen molar-refractivity contribution in [3.63, 3.8) is 0 Å². The lowest BCUT2D eigenvalue weighted by Gasteiger charge is -2.34. The molecule has 1 aromatic heterocycles. The Hall–Kier alpha value is -0.700. The molecule has 1 saturated heterocycles.